The van der Waals surface area contributed by atoms with Crippen LogP contribution in [-0.2, 0) is 4.74 Å². The lowest BCUT2D eigenvalue weighted by molar-refractivity contribution is 0.0518. The van der Waals surface area contributed by atoms with Gasteiger partial charge < -0.3 is 15.2 Å². The molecule has 2 unspecified atom stereocenters. The van der Waals surface area contributed by atoms with Crippen molar-refractivity contribution in [3.8, 4) is 0 Å². The molecule has 16 heavy (non-hydrogen) atoms. The van der Waals surface area contributed by atoms with E-state index in [-0.39, 0.29) is 12.1 Å². The summed E-state index contributed by atoms with van der Waals surface area (Å²) in [6, 6.07) is 0. The third-order valence-corrected chi connectivity index (χ3v) is 3.31. The van der Waals surface area contributed by atoms with Gasteiger partial charge in [-0.15, -0.1) is 0 Å². The van der Waals surface area contributed by atoms with Crippen LogP contribution in [0, 0.1) is 0 Å². The zero-order valence-electron chi connectivity index (χ0n) is 11.4. The number of ether oxygens (including phenoxy) is 1. The van der Waals surface area contributed by atoms with Gasteiger partial charge in [0.2, 0.25) is 0 Å². The highest BCUT2D eigenvalue weighted by Crippen LogP contribution is 2.17. The largest absolute Gasteiger partial charge is 0.394 e. The van der Waals surface area contributed by atoms with Crippen LogP contribution in [0.1, 0.15) is 53.4 Å². The fourth-order valence-electron chi connectivity index (χ4n) is 1.82. The first-order chi connectivity index (χ1) is 7.64. The normalized spacial score (nSPS) is 17.1. The number of hydrogen-bond acceptors (Lipinski definition) is 3. The Labute approximate surface area is 101 Å². The van der Waals surface area contributed by atoms with Gasteiger partial charge in [-0.2, -0.15) is 0 Å². The first kappa shape index (κ1) is 15.9. The molecule has 0 heterocycles. The molecule has 0 saturated carbocycles. The highest BCUT2D eigenvalue weighted by atomic mass is 16.5. The van der Waals surface area contributed by atoms with E-state index in [1.165, 1.54) is 0 Å². The van der Waals surface area contributed by atoms with Crippen molar-refractivity contribution in [3.05, 3.63) is 0 Å². The Bertz CT molecular complexity index is 158. The molecule has 0 aromatic heterocycles. The molecule has 0 aliphatic rings. The predicted octanol–water partition coefficient (Wildman–Crippen LogP) is 2.33. The van der Waals surface area contributed by atoms with Crippen LogP contribution in [0.15, 0.2) is 0 Å². The third-order valence-electron chi connectivity index (χ3n) is 3.31. The van der Waals surface area contributed by atoms with Crippen molar-refractivity contribution >= 4 is 0 Å². The minimum absolute atomic E-state index is 0.104. The molecule has 0 spiro atoms. The van der Waals surface area contributed by atoms with Crippen LogP contribution < -0.4 is 5.32 Å². The molecule has 3 nitrogen and oxygen atoms in total. The van der Waals surface area contributed by atoms with Crippen LogP contribution in [0.3, 0.4) is 0 Å². The second kappa shape index (κ2) is 8.97. The molecule has 0 fully saturated rings. The quantitative estimate of drug-likeness (QED) is 0.567. The van der Waals surface area contributed by atoms with Crippen molar-refractivity contribution in [2.24, 2.45) is 0 Å². The lowest BCUT2D eigenvalue weighted by Gasteiger charge is -2.32. The maximum Gasteiger partial charge on any atom is 0.0613 e. The molecule has 0 aromatic carbocycles. The van der Waals surface area contributed by atoms with Crippen LogP contribution in [0.5, 0.6) is 0 Å². The van der Waals surface area contributed by atoms with E-state index >= 15 is 0 Å². The van der Waals surface area contributed by atoms with E-state index in [9.17, 15) is 5.11 Å². The Morgan fingerprint density at radius 3 is 2.44 bits per heavy atom. The maximum atomic E-state index is 9.46. The van der Waals surface area contributed by atoms with E-state index in [2.05, 4.69) is 33.0 Å². The summed E-state index contributed by atoms with van der Waals surface area (Å²) < 4.78 is 5.64. The van der Waals surface area contributed by atoms with E-state index in [4.69, 9.17) is 4.74 Å². The molecule has 98 valence electrons. The first-order valence-electron chi connectivity index (χ1n) is 6.61. The maximum absolute atomic E-state index is 9.46. The molecule has 0 rings (SSSR count). The standard InChI is InChI=1S/C13H29NO2/c1-5-12(4)16-10-8-9-13(6-2,11-15)14-7-3/h12,14-15H,5-11H2,1-4H3. The van der Waals surface area contributed by atoms with Crippen molar-refractivity contribution < 1.29 is 9.84 Å². The van der Waals surface area contributed by atoms with Gasteiger partial charge in [0, 0.05) is 12.1 Å². The van der Waals surface area contributed by atoms with Gasteiger partial charge in [-0.1, -0.05) is 20.8 Å². The lowest BCUT2D eigenvalue weighted by atomic mass is 9.91. The van der Waals surface area contributed by atoms with Gasteiger partial charge in [-0.3, -0.25) is 0 Å². The van der Waals surface area contributed by atoms with Crippen LogP contribution in [0.2, 0.25) is 0 Å². The van der Waals surface area contributed by atoms with Gasteiger partial charge in [0.1, 0.15) is 0 Å². The Kier molecular flexibility index (Phi) is 8.90. The topological polar surface area (TPSA) is 41.5 Å². The second-order valence-corrected chi connectivity index (χ2v) is 4.52. The smallest absolute Gasteiger partial charge is 0.0613 e. The number of likely N-dealkylation sites (N-methyl/N-ethyl adjacent to an activating group) is 1. The highest BCUT2D eigenvalue weighted by Gasteiger charge is 2.25. The van der Waals surface area contributed by atoms with Gasteiger partial charge in [-0.05, 0) is 39.2 Å². The van der Waals surface area contributed by atoms with Crippen LogP contribution in [0.25, 0.3) is 0 Å². The number of rotatable bonds is 10. The highest BCUT2D eigenvalue weighted by molar-refractivity contribution is 4.85. The summed E-state index contributed by atoms with van der Waals surface area (Å²) in [5.41, 5.74) is -0.104. The second-order valence-electron chi connectivity index (χ2n) is 4.52. The van der Waals surface area contributed by atoms with Crippen molar-refractivity contribution in [1.82, 2.24) is 5.32 Å². The lowest BCUT2D eigenvalue weighted by Crippen LogP contribution is -2.48. The van der Waals surface area contributed by atoms with Gasteiger partial charge in [0.25, 0.3) is 0 Å². The summed E-state index contributed by atoms with van der Waals surface area (Å²) in [7, 11) is 0. The van der Waals surface area contributed by atoms with E-state index in [0.29, 0.717) is 6.10 Å². The molecule has 0 radical (unpaired) electrons. The van der Waals surface area contributed by atoms with Gasteiger partial charge in [0.15, 0.2) is 0 Å². The molecule has 2 atom stereocenters. The van der Waals surface area contributed by atoms with Crippen molar-refractivity contribution in [1.29, 1.82) is 0 Å². The molecule has 3 heteroatoms. The summed E-state index contributed by atoms with van der Waals surface area (Å²) >= 11 is 0. The van der Waals surface area contributed by atoms with Gasteiger partial charge >= 0.3 is 0 Å². The Hall–Kier alpha value is -0.120. The van der Waals surface area contributed by atoms with Crippen LogP contribution >= 0.6 is 0 Å². The van der Waals surface area contributed by atoms with Crippen molar-refractivity contribution in [2.45, 2.75) is 65.0 Å². The molecule has 0 aliphatic carbocycles. The average Bonchev–Trinajstić information content (AvgIpc) is 2.32. The van der Waals surface area contributed by atoms with Gasteiger partial charge in [0.05, 0.1) is 12.7 Å². The minimum Gasteiger partial charge on any atom is -0.394 e. The molecule has 0 amide bonds. The predicted molar refractivity (Wildman–Crippen MR) is 68.7 cm³/mol. The summed E-state index contributed by atoms with van der Waals surface area (Å²) in [5.74, 6) is 0. The van der Waals surface area contributed by atoms with E-state index in [1.54, 1.807) is 0 Å². The molecule has 0 bridgehead atoms. The SMILES string of the molecule is CCNC(CC)(CO)CCCOC(C)CC. The monoisotopic (exact) mass is 231 g/mol. The first-order valence-corrected chi connectivity index (χ1v) is 6.61. The average molecular weight is 231 g/mol. The number of nitrogens with one attached hydrogen (secondary N) is 1. The minimum atomic E-state index is -0.104. The summed E-state index contributed by atoms with van der Waals surface area (Å²) in [6.45, 7) is 10.3. The summed E-state index contributed by atoms with van der Waals surface area (Å²) in [5, 5.41) is 12.9. The summed E-state index contributed by atoms with van der Waals surface area (Å²) in [6.07, 6.45) is 4.35. The third kappa shape index (κ3) is 5.83. The van der Waals surface area contributed by atoms with Gasteiger partial charge in [-0.25, -0.2) is 0 Å². The Morgan fingerprint density at radius 1 is 1.31 bits per heavy atom. The Morgan fingerprint density at radius 2 is 2.00 bits per heavy atom. The van der Waals surface area contributed by atoms with E-state index in [0.717, 1.165) is 38.8 Å². The molecular weight excluding hydrogens is 202 g/mol. The van der Waals surface area contributed by atoms with E-state index < -0.39 is 0 Å². The zero-order valence-corrected chi connectivity index (χ0v) is 11.4. The fraction of sp³-hybridized carbons (Fsp3) is 1.00. The summed E-state index contributed by atoms with van der Waals surface area (Å²) in [4.78, 5) is 0. The van der Waals surface area contributed by atoms with Crippen molar-refractivity contribution in [2.75, 3.05) is 19.8 Å². The fourth-order valence-corrected chi connectivity index (χ4v) is 1.82. The molecule has 2 N–H and O–H groups in total. The molecule has 0 aromatic rings. The zero-order chi connectivity index (χ0) is 12.4. The number of aliphatic hydroxyl groups is 1. The van der Waals surface area contributed by atoms with Crippen LogP contribution in [-0.4, -0.2) is 36.5 Å². The molecular formula is C13H29NO2. The van der Waals surface area contributed by atoms with E-state index in [1.807, 2.05) is 0 Å². The van der Waals surface area contributed by atoms with Crippen LogP contribution in [0.4, 0.5) is 0 Å². The Balaban J connectivity index is 3.84. The molecule has 0 saturated heterocycles. The number of hydrogen-bond donors (Lipinski definition) is 2. The molecule has 0 aliphatic heterocycles. The number of aliphatic hydroxyl groups excluding tert-OH is 1. The van der Waals surface area contributed by atoms with Crippen molar-refractivity contribution in [3.63, 3.8) is 0 Å².